The van der Waals surface area contributed by atoms with Crippen LogP contribution in [0.5, 0.6) is 0 Å². The van der Waals surface area contributed by atoms with Crippen LogP contribution in [0, 0.1) is 23.7 Å². The Bertz CT molecular complexity index is 237. The second-order valence-corrected chi connectivity index (χ2v) is 6.05. The van der Waals surface area contributed by atoms with Gasteiger partial charge in [0.1, 0.15) is 0 Å². The molecule has 3 saturated carbocycles. The van der Waals surface area contributed by atoms with E-state index in [2.05, 4.69) is 6.92 Å². The topological polar surface area (TPSA) is 26.0 Å². The van der Waals surface area contributed by atoms with Crippen LogP contribution in [-0.2, 0) is 0 Å². The van der Waals surface area contributed by atoms with Gasteiger partial charge in [-0.1, -0.05) is 19.8 Å². The molecular formula is C13H23N. The van der Waals surface area contributed by atoms with Gasteiger partial charge in [-0.25, -0.2) is 0 Å². The molecule has 3 rings (SSSR count). The average molecular weight is 193 g/mol. The minimum absolute atomic E-state index is 0.255. The van der Waals surface area contributed by atoms with Gasteiger partial charge in [0.05, 0.1) is 0 Å². The fourth-order valence-electron chi connectivity index (χ4n) is 5.07. The molecule has 2 N–H and O–H groups in total. The van der Waals surface area contributed by atoms with E-state index in [1.54, 1.807) is 0 Å². The summed E-state index contributed by atoms with van der Waals surface area (Å²) in [6, 6.07) is 0. The van der Waals surface area contributed by atoms with Crippen LogP contribution >= 0.6 is 0 Å². The van der Waals surface area contributed by atoms with E-state index in [4.69, 9.17) is 5.73 Å². The third kappa shape index (κ3) is 1.05. The quantitative estimate of drug-likeness (QED) is 0.717. The molecule has 0 aromatic carbocycles. The molecule has 1 heteroatoms. The lowest BCUT2D eigenvalue weighted by atomic mass is 9.70. The molecule has 0 saturated heterocycles. The summed E-state index contributed by atoms with van der Waals surface area (Å²) >= 11 is 0. The summed E-state index contributed by atoms with van der Waals surface area (Å²) in [5.74, 6) is 4.04. The second-order valence-electron chi connectivity index (χ2n) is 6.05. The Morgan fingerprint density at radius 3 is 2.86 bits per heavy atom. The summed E-state index contributed by atoms with van der Waals surface area (Å²) in [6.07, 6.45) is 9.89. The van der Waals surface area contributed by atoms with Crippen molar-refractivity contribution in [2.24, 2.45) is 29.4 Å². The van der Waals surface area contributed by atoms with Crippen molar-refractivity contribution in [3.05, 3.63) is 0 Å². The van der Waals surface area contributed by atoms with Gasteiger partial charge in [-0.2, -0.15) is 0 Å². The summed E-state index contributed by atoms with van der Waals surface area (Å²) in [7, 11) is 0. The van der Waals surface area contributed by atoms with E-state index in [1.165, 1.54) is 44.9 Å². The molecule has 1 nitrogen and oxygen atoms in total. The Morgan fingerprint density at radius 1 is 1.29 bits per heavy atom. The van der Waals surface area contributed by atoms with E-state index in [9.17, 15) is 0 Å². The minimum atomic E-state index is 0.255. The Labute approximate surface area is 87.4 Å². The van der Waals surface area contributed by atoms with Gasteiger partial charge in [0.25, 0.3) is 0 Å². The molecule has 0 radical (unpaired) electrons. The van der Waals surface area contributed by atoms with E-state index in [1.807, 2.05) is 0 Å². The van der Waals surface area contributed by atoms with Crippen LogP contribution in [0.2, 0.25) is 0 Å². The number of hydrogen-bond acceptors (Lipinski definition) is 1. The monoisotopic (exact) mass is 193 g/mol. The SMILES string of the molecule is CCCC1(N)CC2CC1C1CCCC21. The smallest absolute Gasteiger partial charge is 0.0188 e. The maximum atomic E-state index is 6.61. The van der Waals surface area contributed by atoms with E-state index in [0.29, 0.717) is 0 Å². The van der Waals surface area contributed by atoms with Gasteiger partial charge < -0.3 is 5.73 Å². The van der Waals surface area contributed by atoms with Gasteiger partial charge in [-0.15, -0.1) is 0 Å². The molecule has 5 unspecified atom stereocenters. The van der Waals surface area contributed by atoms with Crippen LogP contribution in [0.15, 0.2) is 0 Å². The lowest BCUT2D eigenvalue weighted by Gasteiger charge is -2.40. The first-order valence-electron chi connectivity index (χ1n) is 6.53. The molecule has 80 valence electrons. The number of rotatable bonds is 2. The molecule has 0 spiro atoms. The van der Waals surface area contributed by atoms with Crippen molar-refractivity contribution in [2.75, 3.05) is 0 Å². The van der Waals surface area contributed by atoms with Crippen molar-refractivity contribution in [3.63, 3.8) is 0 Å². The predicted octanol–water partition coefficient (Wildman–Crippen LogP) is 2.94. The Morgan fingerprint density at radius 2 is 2.07 bits per heavy atom. The van der Waals surface area contributed by atoms with Gasteiger partial charge in [0.2, 0.25) is 0 Å². The molecule has 0 aromatic rings. The van der Waals surface area contributed by atoms with Crippen molar-refractivity contribution in [3.8, 4) is 0 Å². The number of hydrogen-bond donors (Lipinski definition) is 1. The Kier molecular flexibility index (Phi) is 1.96. The van der Waals surface area contributed by atoms with Gasteiger partial charge >= 0.3 is 0 Å². The molecule has 3 aliphatic rings. The zero-order valence-corrected chi connectivity index (χ0v) is 9.34. The van der Waals surface area contributed by atoms with E-state index < -0.39 is 0 Å². The van der Waals surface area contributed by atoms with Gasteiger partial charge in [0, 0.05) is 5.54 Å². The van der Waals surface area contributed by atoms with Crippen molar-refractivity contribution in [1.29, 1.82) is 0 Å². The maximum absolute atomic E-state index is 6.61. The lowest BCUT2D eigenvalue weighted by Crippen LogP contribution is -2.49. The first-order valence-corrected chi connectivity index (χ1v) is 6.53. The molecule has 0 heterocycles. The zero-order valence-electron chi connectivity index (χ0n) is 9.34. The highest BCUT2D eigenvalue weighted by Gasteiger charge is 2.58. The van der Waals surface area contributed by atoms with Gasteiger partial charge in [0.15, 0.2) is 0 Å². The van der Waals surface area contributed by atoms with Crippen molar-refractivity contribution < 1.29 is 0 Å². The fraction of sp³-hybridized carbons (Fsp3) is 1.00. The average Bonchev–Trinajstić information content (AvgIpc) is 2.72. The molecule has 0 aliphatic heterocycles. The molecule has 14 heavy (non-hydrogen) atoms. The third-order valence-corrected chi connectivity index (χ3v) is 5.40. The molecule has 0 amide bonds. The van der Waals surface area contributed by atoms with E-state index in [-0.39, 0.29) is 5.54 Å². The third-order valence-electron chi connectivity index (χ3n) is 5.40. The molecule has 3 fully saturated rings. The predicted molar refractivity (Wildman–Crippen MR) is 58.9 cm³/mol. The Hall–Kier alpha value is -0.0400. The van der Waals surface area contributed by atoms with Crippen molar-refractivity contribution in [2.45, 2.75) is 57.4 Å². The van der Waals surface area contributed by atoms with Gasteiger partial charge in [-0.05, 0) is 55.8 Å². The zero-order chi connectivity index (χ0) is 9.76. The van der Waals surface area contributed by atoms with Crippen LogP contribution in [0.1, 0.15) is 51.9 Å². The molecule has 3 aliphatic carbocycles. The second kappa shape index (κ2) is 2.98. The van der Waals surface area contributed by atoms with Crippen LogP contribution in [-0.4, -0.2) is 5.54 Å². The summed E-state index contributed by atoms with van der Waals surface area (Å²) in [5.41, 5.74) is 6.87. The maximum Gasteiger partial charge on any atom is 0.0188 e. The van der Waals surface area contributed by atoms with Crippen LogP contribution < -0.4 is 5.73 Å². The summed E-state index contributed by atoms with van der Waals surface area (Å²) in [6.45, 7) is 2.28. The minimum Gasteiger partial charge on any atom is -0.325 e. The standard InChI is InChI=1S/C13H23N/c1-2-6-13(14)8-9-7-12(13)11-5-3-4-10(9)11/h9-12H,2-8,14H2,1H3. The normalized spacial score (nSPS) is 55.3. The molecule has 0 aromatic heterocycles. The highest BCUT2D eigenvalue weighted by Crippen LogP contribution is 2.62. The van der Waals surface area contributed by atoms with Crippen molar-refractivity contribution in [1.82, 2.24) is 0 Å². The van der Waals surface area contributed by atoms with E-state index >= 15 is 0 Å². The van der Waals surface area contributed by atoms with Crippen molar-refractivity contribution >= 4 is 0 Å². The van der Waals surface area contributed by atoms with Crippen LogP contribution in [0.3, 0.4) is 0 Å². The van der Waals surface area contributed by atoms with E-state index in [0.717, 1.165) is 23.7 Å². The highest BCUT2D eigenvalue weighted by molar-refractivity contribution is 5.11. The summed E-state index contributed by atoms with van der Waals surface area (Å²) in [5, 5.41) is 0. The highest BCUT2D eigenvalue weighted by atomic mass is 14.8. The Balaban J connectivity index is 1.82. The molecule has 5 atom stereocenters. The fourth-order valence-corrected chi connectivity index (χ4v) is 5.07. The first-order chi connectivity index (χ1) is 6.74. The first kappa shape index (κ1) is 9.21. The number of nitrogens with two attached hydrogens (primary N) is 1. The molecular weight excluding hydrogens is 170 g/mol. The summed E-state index contributed by atoms with van der Waals surface area (Å²) < 4.78 is 0. The largest absolute Gasteiger partial charge is 0.325 e. The summed E-state index contributed by atoms with van der Waals surface area (Å²) in [4.78, 5) is 0. The van der Waals surface area contributed by atoms with Gasteiger partial charge in [-0.3, -0.25) is 0 Å². The molecule has 2 bridgehead atoms. The number of fused-ring (bicyclic) bond motifs is 5. The van der Waals surface area contributed by atoms with Crippen LogP contribution in [0.4, 0.5) is 0 Å². The van der Waals surface area contributed by atoms with Crippen LogP contribution in [0.25, 0.3) is 0 Å². The lowest BCUT2D eigenvalue weighted by molar-refractivity contribution is 0.147.